The van der Waals surface area contributed by atoms with Crippen molar-refractivity contribution in [2.24, 2.45) is 5.41 Å². The van der Waals surface area contributed by atoms with Crippen molar-refractivity contribution in [2.75, 3.05) is 39.4 Å². The number of nitrogens with one attached hydrogen (secondary N) is 1. The zero-order valence-corrected chi connectivity index (χ0v) is 11.8. The predicted molar refractivity (Wildman–Crippen MR) is 70.3 cm³/mol. The van der Waals surface area contributed by atoms with Crippen LogP contribution in [0.3, 0.4) is 0 Å². The second-order valence-electron chi connectivity index (χ2n) is 4.71. The maximum atomic E-state index is 11.3. The number of rotatable bonds is 9. The van der Waals surface area contributed by atoms with Crippen LogP contribution in [0.1, 0.15) is 19.3 Å². The van der Waals surface area contributed by atoms with Gasteiger partial charge in [-0.3, -0.25) is 4.79 Å². The average Bonchev–Trinajstić information content (AvgIpc) is 3.08. The average molecular weight is 261 g/mol. The van der Waals surface area contributed by atoms with Crippen LogP contribution >= 0.6 is 11.8 Å². The highest BCUT2D eigenvalue weighted by molar-refractivity contribution is 7.99. The third-order valence-corrected chi connectivity index (χ3v) is 4.66. The molecule has 0 aromatic heterocycles. The Hall–Kier alpha value is -0.260. The van der Waals surface area contributed by atoms with Gasteiger partial charge in [0.2, 0.25) is 0 Å². The van der Waals surface area contributed by atoms with Crippen molar-refractivity contribution in [3.63, 3.8) is 0 Å². The number of likely N-dealkylation sites (N-methyl/N-ethyl adjacent to an activating group) is 1. The SMILES string of the molecule is CNC(COC)CSCC1(CC(=O)OC)CC1. The summed E-state index contributed by atoms with van der Waals surface area (Å²) >= 11 is 1.90. The van der Waals surface area contributed by atoms with E-state index in [4.69, 9.17) is 9.47 Å². The molecule has 1 aliphatic carbocycles. The molecule has 0 aliphatic heterocycles. The third kappa shape index (κ3) is 5.27. The molecule has 5 heteroatoms. The molecule has 1 N–H and O–H groups in total. The summed E-state index contributed by atoms with van der Waals surface area (Å²) in [6.45, 7) is 0.730. The molecule has 0 amide bonds. The zero-order chi connectivity index (χ0) is 12.7. The van der Waals surface area contributed by atoms with E-state index in [2.05, 4.69) is 5.32 Å². The van der Waals surface area contributed by atoms with Gasteiger partial charge in [-0.05, 0) is 31.1 Å². The Morgan fingerprint density at radius 2 is 2.18 bits per heavy atom. The zero-order valence-electron chi connectivity index (χ0n) is 11.0. The topological polar surface area (TPSA) is 47.6 Å². The minimum absolute atomic E-state index is 0.0786. The lowest BCUT2D eigenvalue weighted by Crippen LogP contribution is -2.32. The second-order valence-corrected chi connectivity index (χ2v) is 5.74. The van der Waals surface area contributed by atoms with E-state index < -0.39 is 0 Å². The Morgan fingerprint density at radius 1 is 1.47 bits per heavy atom. The first-order valence-electron chi connectivity index (χ1n) is 5.96. The van der Waals surface area contributed by atoms with Crippen molar-refractivity contribution in [1.82, 2.24) is 5.32 Å². The Bertz CT molecular complexity index is 244. The molecule has 0 saturated heterocycles. The van der Waals surface area contributed by atoms with Crippen LogP contribution in [0.4, 0.5) is 0 Å². The summed E-state index contributed by atoms with van der Waals surface area (Å²) in [5.41, 5.74) is 0.225. The molecular formula is C12H23NO3S. The van der Waals surface area contributed by atoms with Gasteiger partial charge in [0.1, 0.15) is 0 Å². The number of carbonyl (C=O) groups is 1. The molecule has 0 spiro atoms. The molecule has 1 unspecified atom stereocenters. The number of thioether (sulfide) groups is 1. The molecule has 0 radical (unpaired) electrons. The molecular weight excluding hydrogens is 238 g/mol. The summed E-state index contributed by atoms with van der Waals surface area (Å²) in [4.78, 5) is 11.3. The minimum Gasteiger partial charge on any atom is -0.469 e. The van der Waals surface area contributed by atoms with Gasteiger partial charge in [-0.1, -0.05) is 0 Å². The van der Waals surface area contributed by atoms with Gasteiger partial charge in [0.05, 0.1) is 20.1 Å². The van der Waals surface area contributed by atoms with E-state index in [0.717, 1.165) is 31.0 Å². The Kier molecular flexibility index (Phi) is 6.30. The molecule has 17 heavy (non-hydrogen) atoms. The lowest BCUT2D eigenvalue weighted by molar-refractivity contribution is -0.141. The number of ether oxygens (including phenoxy) is 2. The van der Waals surface area contributed by atoms with Crippen molar-refractivity contribution < 1.29 is 14.3 Å². The van der Waals surface area contributed by atoms with Gasteiger partial charge < -0.3 is 14.8 Å². The molecule has 1 aliphatic rings. The van der Waals surface area contributed by atoms with Gasteiger partial charge in [-0.25, -0.2) is 0 Å². The van der Waals surface area contributed by atoms with Crippen LogP contribution in [0.2, 0.25) is 0 Å². The second kappa shape index (κ2) is 7.24. The van der Waals surface area contributed by atoms with Gasteiger partial charge in [-0.2, -0.15) is 11.8 Å². The van der Waals surface area contributed by atoms with E-state index in [0.29, 0.717) is 12.5 Å². The summed E-state index contributed by atoms with van der Waals surface area (Å²) in [6.07, 6.45) is 2.89. The van der Waals surface area contributed by atoms with Crippen LogP contribution in [0.25, 0.3) is 0 Å². The van der Waals surface area contributed by atoms with Gasteiger partial charge in [0.25, 0.3) is 0 Å². The Morgan fingerprint density at radius 3 is 2.65 bits per heavy atom. The largest absolute Gasteiger partial charge is 0.469 e. The Balaban J connectivity index is 2.19. The fourth-order valence-electron chi connectivity index (χ4n) is 1.76. The Labute approximate surface area is 108 Å². The highest BCUT2D eigenvalue weighted by Crippen LogP contribution is 2.51. The standard InChI is InChI=1S/C12H23NO3S/c1-13-10(7-15-2)8-17-9-12(4-5-12)6-11(14)16-3/h10,13H,4-9H2,1-3H3. The van der Waals surface area contributed by atoms with Crippen LogP contribution in [0, 0.1) is 5.41 Å². The lowest BCUT2D eigenvalue weighted by Gasteiger charge is -2.17. The van der Waals surface area contributed by atoms with Crippen molar-refractivity contribution in [2.45, 2.75) is 25.3 Å². The number of carbonyl (C=O) groups excluding carboxylic acids is 1. The normalized spacial score (nSPS) is 18.8. The van der Waals surface area contributed by atoms with Crippen LogP contribution < -0.4 is 5.32 Å². The smallest absolute Gasteiger partial charge is 0.306 e. The summed E-state index contributed by atoms with van der Waals surface area (Å²) in [6, 6.07) is 0.388. The van der Waals surface area contributed by atoms with Gasteiger partial charge in [-0.15, -0.1) is 0 Å². The maximum Gasteiger partial charge on any atom is 0.306 e. The predicted octanol–water partition coefficient (Wildman–Crippen LogP) is 1.30. The number of esters is 1. The van der Waals surface area contributed by atoms with Gasteiger partial charge >= 0.3 is 5.97 Å². The van der Waals surface area contributed by atoms with Gasteiger partial charge in [0, 0.05) is 18.9 Å². The van der Waals surface area contributed by atoms with E-state index in [9.17, 15) is 4.79 Å². The molecule has 0 aromatic carbocycles. The fourth-order valence-corrected chi connectivity index (χ4v) is 3.25. The van der Waals surface area contributed by atoms with Crippen molar-refractivity contribution >= 4 is 17.7 Å². The highest BCUT2D eigenvalue weighted by atomic mass is 32.2. The van der Waals surface area contributed by atoms with Crippen LogP contribution in [0.15, 0.2) is 0 Å². The fraction of sp³-hybridized carbons (Fsp3) is 0.917. The van der Waals surface area contributed by atoms with E-state index in [1.54, 1.807) is 7.11 Å². The van der Waals surface area contributed by atoms with E-state index in [-0.39, 0.29) is 11.4 Å². The first-order chi connectivity index (χ1) is 8.15. The van der Waals surface area contributed by atoms with E-state index in [1.165, 1.54) is 7.11 Å². The summed E-state index contributed by atoms with van der Waals surface area (Å²) in [7, 11) is 5.13. The first kappa shape index (κ1) is 14.8. The molecule has 1 fully saturated rings. The molecule has 1 atom stereocenters. The van der Waals surface area contributed by atoms with E-state index >= 15 is 0 Å². The highest BCUT2D eigenvalue weighted by Gasteiger charge is 2.44. The number of methoxy groups -OCH3 is 2. The molecule has 1 saturated carbocycles. The molecule has 100 valence electrons. The molecule has 1 rings (SSSR count). The molecule has 0 aromatic rings. The monoisotopic (exact) mass is 261 g/mol. The molecule has 0 bridgehead atoms. The first-order valence-corrected chi connectivity index (χ1v) is 7.12. The molecule has 4 nitrogen and oxygen atoms in total. The minimum atomic E-state index is -0.0786. The van der Waals surface area contributed by atoms with Crippen molar-refractivity contribution in [3.05, 3.63) is 0 Å². The van der Waals surface area contributed by atoms with Crippen molar-refractivity contribution in [1.29, 1.82) is 0 Å². The van der Waals surface area contributed by atoms with Crippen molar-refractivity contribution in [3.8, 4) is 0 Å². The van der Waals surface area contributed by atoms with Crippen LogP contribution in [0.5, 0.6) is 0 Å². The summed E-state index contributed by atoms with van der Waals surface area (Å²) < 4.78 is 9.86. The quantitative estimate of drug-likeness (QED) is 0.634. The van der Waals surface area contributed by atoms with Crippen LogP contribution in [-0.4, -0.2) is 51.4 Å². The summed E-state index contributed by atoms with van der Waals surface area (Å²) in [5, 5.41) is 3.22. The summed E-state index contributed by atoms with van der Waals surface area (Å²) in [5.74, 6) is 1.99. The lowest BCUT2D eigenvalue weighted by atomic mass is 10.1. The molecule has 0 heterocycles. The number of hydrogen-bond donors (Lipinski definition) is 1. The maximum absolute atomic E-state index is 11.3. The van der Waals surface area contributed by atoms with Crippen LogP contribution in [-0.2, 0) is 14.3 Å². The third-order valence-electron chi connectivity index (χ3n) is 3.21. The number of hydrogen-bond acceptors (Lipinski definition) is 5. The van der Waals surface area contributed by atoms with E-state index in [1.807, 2.05) is 18.8 Å². The van der Waals surface area contributed by atoms with Gasteiger partial charge in [0.15, 0.2) is 0 Å².